The molecule has 33 heavy (non-hydrogen) atoms. The number of anilines is 2. The summed E-state index contributed by atoms with van der Waals surface area (Å²) < 4.78 is 0. The van der Waals surface area contributed by atoms with Crippen LogP contribution in [0.15, 0.2) is 54.6 Å². The Morgan fingerprint density at radius 2 is 1.58 bits per heavy atom. The maximum Gasteiger partial charge on any atom is 0.317 e. The highest BCUT2D eigenvalue weighted by molar-refractivity contribution is 5.94. The molecule has 1 fully saturated rings. The summed E-state index contributed by atoms with van der Waals surface area (Å²) in [4.78, 5) is 42.2. The van der Waals surface area contributed by atoms with Gasteiger partial charge in [-0.25, -0.2) is 4.79 Å². The molecule has 2 aromatic rings. The van der Waals surface area contributed by atoms with E-state index in [0.717, 1.165) is 24.3 Å². The van der Waals surface area contributed by atoms with E-state index in [0.29, 0.717) is 25.3 Å². The van der Waals surface area contributed by atoms with E-state index >= 15 is 0 Å². The second-order valence-electron chi connectivity index (χ2n) is 8.53. The van der Waals surface area contributed by atoms with Crippen molar-refractivity contribution < 1.29 is 14.4 Å². The van der Waals surface area contributed by atoms with E-state index in [4.69, 9.17) is 0 Å². The third kappa shape index (κ3) is 7.24. The minimum Gasteiger partial charge on any atom is -0.368 e. The first-order chi connectivity index (χ1) is 15.8. The maximum absolute atomic E-state index is 12.5. The lowest BCUT2D eigenvalue weighted by molar-refractivity contribution is -0.133. The number of nitrogens with one attached hydrogen (secondary N) is 2. The van der Waals surface area contributed by atoms with Crippen molar-refractivity contribution in [1.82, 2.24) is 15.1 Å². The summed E-state index contributed by atoms with van der Waals surface area (Å²) in [7, 11) is 0. The number of nitrogens with zero attached hydrogens (tertiary/aromatic N) is 3. The van der Waals surface area contributed by atoms with Crippen molar-refractivity contribution in [2.24, 2.45) is 0 Å². The highest BCUT2D eigenvalue weighted by atomic mass is 16.2. The molecule has 2 aromatic carbocycles. The molecule has 8 heteroatoms. The van der Waals surface area contributed by atoms with Gasteiger partial charge < -0.3 is 25.3 Å². The third-order valence-electron chi connectivity index (χ3n) is 5.49. The second kappa shape index (κ2) is 11.4. The van der Waals surface area contributed by atoms with Crippen LogP contribution in [0.3, 0.4) is 0 Å². The van der Waals surface area contributed by atoms with Crippen LogP contribution >= 0.6 is 0 Å². The number of benzene rings is 2. The van der Waals surface area contributed by atoms with Crippen LogP contribution in [0.5, 0.6) is 0 Å². The van der Waals surface area contributed by atoms with Gasteiger partial charge in [0.2, 0.25) is 11.8 Å². The number of carbonyl (C=O) groups excluding carboxylic acids is 3. The molecule has 8 nitrogen and oxygen atoms in total. The van der Waals surface area contributed by atoms with E-state index in [1.54, 1.807) is 0 Å². The fraction of sp³-hybridized carbons (Fsp3) is 0.400. The summed E-state index contributed by atoms with van der Waals surface area (Å²) >= 11 is 0. The van der Waals surface area contributed by atoms with Crippen LogP contribution in [0, 0.1) is 0 Å². The zero-order chi connectivity index (χ0) is 23.8. The Morgan fingerprint density at radius 1 is 0.939 bits per heavy atom. The molecule has 0 aliphatic carbocycles. The molecule has 0 saturated carbocycles. The highest BCUT2D eigenvalue weighted by Crippen LogP contribution is 2.20. The van der Waals surface area contributed by atoms with Crippen LogP contribution in [0.25, 0.3) is 0 Å². The second-order valence-corrected chi connectivity index (χ2v) is 8.53. The molecule has 0 bridgehead atoms. The first-order valence-corrected chi connectivity index (χ1v) is 11.3. The van der Waals surface area contributed by atoms with Gasteiger partial charge in [0.1, 0.15) is 6.54 Å². The topological polar surface area (TPSA) is 85.0 Å². The van der Waals surface area contributed by atoms with Gasteiger partial charge in [-0.15, -0.1) is 0 Å². The van der Waals surface area contributed by atoms with E-state index < -0.39 is 0 Å². The molecule has 0 radical (unpaired) electrons. The van der Waals surface area contributed by atoms with Crippen LogP contribution in [-0.4, -0.2) is 66.4 Å². The van der Waals surface area contributed by atoms with Gasteiger partial charge in [0, 0.05) is 57.1 Å². The zero-order valence-corrected chi connectivity index (χ0v) is 19.6. The summed E-state index contributed by atoms with van der Waals surface area (Å²) in [5, 5.41) is 5.80. The molecule has 1 heterocycles. The maximum atomic E-state index is 12.5. The monoisotopic (exact) mass is 451 g/mol. The molecule has 2 N–H and O–H groups in total. The van der Waals surface area contributed by atoms with Gasteiger partial charge in [0.15, 0.2) is 0 Å². The van der Waals surface area contributed by atoms with Crippen molar-refractivity contribution in [3.63, 3.8) is 0 Å². The van der Waals surface area contributed by atoms with Crippen LogP contribution in [0.1, 0.15) is 26.3 Å². The van der Waals surface area contributed by atoms with E-state index in [9.17, 15) is 14.4 Å². The van der Waals surface area contributed by atoms with Crippen molar-refractivity contribution in [2.75, 3.05) is 42.9 Å². The Hall–Kier alpha value is -3.55. The molecule has 1 aliphatic heterocycles. The van der Waals surface area contributed by atoms with Gasteiger partial charge in [-0.3, -0.25) is 9.59 Å². The van der Waals surface area contributed by atoms with Crippen LogP contribution in [-0.2, 0) is 16.1 Å². The minimum absolute atomic E-state index is 0.00756. The van der Waals surface area contributed by atoms with E-state index in [-0.39, 0.29) is 30.4 Å². The molecular formula is C25H33N5O3. The fourth-order valence-electron chi connectivity index (χ4n) is 3.72. The lowest BCUT2D eigenvalue weighted by atomic mass is 10.2. The molecule has 0 atom stereocenters. The summed E-state index contributed by atoms with van der Waals surface area (Å²) in [6, 6.07) is 17.4. The smallest absolute Gasteiger partial charge is 0.317 e. The summed E-state index contributed by atoms with van der Waals surface area (Å²) in [5.41, 5.74) is 2.71. The van der Waals surface area contributed by atoms with Crippen LogP contribution in [0.4, 0.5) is 16.2 Å². The van der Waals surface area contributed by atoms with Crippen molar-refractivity contribution in [2.45, 2.75) is 33.4 Å². The largest absolute Gasteiger partial charge is 0.368 e. The molecule has 1 saturated heterocycles. The average Bonchev–Trinajstić information content (AvgIpc) is 2.79. The molecule has 3 rings (SSSR count). The van der Waals surface area contributed by atoms with Crippen molar-refractivity contribution in [3.8, 4) is 0 Å². The lowest BCUT2D eigenvalue weighted by Crippen LogP contribution is -2.52. The molecule has 0 aromatic heterocycles. The number of hydrogen-bond acceptors (Lipinski definition) is 4. The highest BCUT2D eigenvalue weighted by Gasteiger charge is 2.21. The SMILES string of the molecule is CC(=O)N(CC(=O)Nc1ccc(N2CCN(C(=O)NC(C)C)CC2)cc1)Cc1ccccc1. The summed E-state index contributed by atoms with van der Waals surface area (Å²) in [6.45, 7) is 8.60. The van der Waals surface area contributed by atoms with Crippen molar-refractivity contribution >= 4 is 29.2 Å². The molecule has 4 amide bonds. The third-order valence-corrected chi connectivity index (χ3v) is 5.49. The Bertz CT molecular complexity index is 938. The number of hydrogen-bond donors (Lipinski definition) is 2. The molecule has 1 aliphatic rings. The number of carbonyl (C=O) groups is 3. The zero-order valence-electron chi connectivity index (χ0n) is 19.6. The van der Waals surface area contributed by atoms with Gasteiger partial charge in [-0.2, -0.15) is 0 Å². The lowest BCUT2D eigenvalue weighted by Gasteiger charge is -2.36. The van der Waals surface area contributed by atoms with Crippen molar-refractivity contribution in [1.29, 1.82) is 0 Å². The predicted molar refractivity (Wildman–Crippen MR) is 130 cm³/mol. The van der Waals surface area contributed by atoms with E-state index in [1.165, 1.54) is 11.8 Å². The minimum atomic E-state index is -0.237. The average molecular weight is 452 g/mol. The fourth-order valence-corrected chi connectivity index (χ4v) is 3.72. The number of urea groups is 1. The van der Waals surface area contributed by atoms with Gasteiger partial charge in [-0.1, -0.05) is 30.3 Å². The Balaban J connectivity index is 1.50. The number of amides is 4. The van der Waals surface area contributed by atoms with Crippen LogP contribution in [0.2, 0.25) is 0 Å². The Kier molecular flexibility index (Phi) is 8.29. The number of piperazine rings is 1. The molecule has 176 valence electrons. The normalized spacial score (nSPS) is 13.6. The van der Waals surface area contributed by atoms with Crippen molar-refractivity contribution in [3.05, 3.63) is 60.2 Å². The summed E-state index contributed by atoms with van der Waals surface area (Å²) in [6.07, 6.45) is 0. The van der Waals surface area contributed by atoms with Crippen LogP contribution < -0.4 is 15.5 Å². The molecule has 0 spiro atoms. The van der Waals surface area contributed by atoms with Gasteiger partial charge in [-0.05, 0) is 43.7 Å². The van der Waals surface area contributed by atoms with Gasteiger partial charge >= 0.3 is 6.03 Å². The molecular weight excluding hydrogens is 418 g/mol. The standard InChI is InChI=1S/C25H33N5O3/c1-19(2)26-25(33)29-15-13-28(14-16-29)23-11-9-22(10-12-23)27-24(32)18-30(20(3)31)17-21-7-5-4-6-8-21/h4-12,19H,13-18H2,1-3H3,(H,26,33)(H,27,32). The Morgan fingerprint density at radius 3 is 2.15 bits per heavy atom. The van der Waals surface area contributed by atoms with E-state index in [2.05, 4.69) is 15.5 Å². The van der Waals surface area contributed by atoms with Gasteiger partial charge in [0.25, 0.3) is 0 Å². The van der Waals surface area contributed by atoms with Gasteiger partial charge in [0.05, 0.1) is 0 Å². The number of rotatable bonds is 7. The first-order valence-electron chi connectivity index (χ1n) is 11.3. The van der Waals surface area contributed by atoms with E-state index in [1.807, 2.05) is 73.3 Å². The predicted octanol–water partition coefficient (Wildman–Crippen LogP) is 2.91. The summed E-state index contributed by atoms with van der Waals surface area (Å²) in [5.74, 6) is -0.385. The quantitative estimate of drug-likeness (QED) is 0.678. The Labute approximate surface area is 195 Å². The molecule has 0 unspecified atom stereocenters. The first kappa shape index (κ1) is 24.1.